The molecule has 8 nitrogen and oxygen atoms in total. The van der Waals surface area contributed by atoms with E-state index in [0.29, 0.717) is 36.0 Å². The van der Waals surface area contributed by atoms with Crippen molar-refractivity contribution in [2.24, 2.45) is 5.10 Å². The summed E-state index contributed by atoms with van der Waals surface area (Å²) >= 11 is 0. The van der Waals surface area contributed by atoms with Crippen LogP contribution in [0, 0.1) is 6.92 Å². The third kappa shape index (κ3) is 7.89. The van der Waals surface area contributed by atoms with Gasteiger partial charge in [-0.1, -0.05) is 12.1 Å². The summed E-state index contributed by atoms with van der Waals surface area (Å²) < 4.78 is 16.6. The van der Waals surface area contributed by atoms with E-state index in [1.54, 1.807) is 42.5 Å². The number of hydrogen-bond donors (Lipinski definition) is 2. The molecule has 35 heavy (non-hydrogen) atoms. The largest absolute Gasteiger partial charge is 0.490 e. The number of ether oxygens (including phenoxy) is 3. The Morgan fingerprint density at radius 2 is 1.63 bits per heavy atom. The van der Waals surface area contributed by atoms with Crippen molar-refractivity contribution in [3.63, 3.8) is 0 Å². The number of nitrogens with zero attached hydrogens (tertiary/aromatic N) is 1. The Labute approximate surface area is 204 Å². The van der Waals surface area contributed by atoms with E-state index < -0.39 is 0 Å². The maximum Gasteiger partial charge on any atom is 0.271 e. The van der Waals surface area contributed by atoms with Crippen LogP contribution >= 0.6 is 0 Å². The Morgan fingerprint density at radius 3 is 2.34 bits per heavy atom. The maximum absolute atomic E-state index is 12.4. The fraction of sp³-hybridized carbons (Fsp3) is 0.222. The molecule has 0 spiro atoms. The van der Waals surface area contributed by atoms with Crippen LogP contribution in [0.2, 0.25) is 0 Å². The van der Waals surface area contributed by atoms with Crippen molar-refractivity contribution in [1.29, 1.82) is 0 Å². The van der Waals surface area contributed by atoms with Gasteiger partial charge in [0.15, 0.2) is 18.1 Å². The second-order valence-electron chi connectivity index (χ2n) is 7.50. The summed E-state index contributed by atoms with van der Waals surface area (Å²) in [5.74, 6) is 1.03. The van der Waals surface area contributed by atoms with E-state index in [-0.39, 0.29) is 18.4 Å². The smallest absolute Gasteiger partial charge is 0.271 e. The molecule has 0 aliphatic rings. The zero-order valence-corrected chi connectivity index (χ0v) is 20.0. The molecule has 0 saturated heterocycles. The predicted octanol–water partition coefficient (Wildman–Crippen LogP) is 4.57. The minimum Gasteiger partial charge on any atom is -0.490 e. The van der Waals surface area contributed by atoms with Gasteiger partial charge in [-0.3, -0.25) is 9.59 Å². The van der Waals surface area contributed by atoms with Gasteiger partial charge in [0, 0.05) is 11.3 Å². The fourth-order valence-corrected chi connectivity index (χ4v) is 3.14. The van der Waals surface area contributed by atoms with Gasteiger partial charge in [0.25, 0.3) is 11.8 Å². The third-order valence-electron chi connectivity index (χ3n) is 4.74. The van der Waals surface area contributed by atoms with Crippen LogP contribution in [0.3, 0.4) is 0 Å². The summed E-state index contributed by atoms with van der Waals surface area (Å²) in [5.41, 5.74) is 5.45. The van der Waals surface area contributed by atoms with Crippen molar-refractivity contribution in [3.8, 4) is 17.2 Å². The Hall–Kier alpha value is -4.33. The first-order valence-corrected chi connectivity index (χ1v) is 11.3. The lowest BCUT2D eigenvalue weighted by Gasteiger charge is -2.11. The number of hydrogen-bond acceptors (Lipinski definition) is 6. The lowest BCUT2D eigenvalue weighted by Crippen LogP contribution is -2.20. The predicted molar refractivity (Wildman–Crippen MR) is 136 cm³/mol. The highest BCUT2D eigenvalue weighted by molar-refractivity contribution is 5.95. The summed E-state index contributed by atoms with van der Waals surface area (Å²) in [6, 6.07) is 19.5. The number of amides is 2. The van der Waals surface area contributed by atoms with Crippen LogP contribution in [0.15, 0.2) is 71.8 Å². The molecule has 2 N–H and O–H groups in total. The molecule has 0 fully saturated rings. The van der Waals surface area contributed by atoms with Crippen LogP contribution in [0.4, 0.5) is 5.69 Å². The van der Waals surface area contributed by atoms with Gasteiger partial charge in [-0.05, 0) is 86.5 Å². The second kappa shape index (κ2) is 12.8. The molecular weight excluding hydrogens is 446 g/mol. The van der Waals surface area contributed by atoms with E-state index in [1.165, 1.54) is 6.21 Å². The number of nitrogens with one attached hydrogen (secondary N) is 2. The first-order chi connectivity index (χ1) is 17.0. The summed E-state index contributed by atoms with van der Waals surface area (Å²) in [6.45, 7) is 6.56. The van der Waals surface area contributed by atoms with Crippen LogP contribution in [0.5, 0.6) is 17.2 Å². The van der Waals surface area contributed by atoms with E-state index >= 15 is 0 Å². The molecule has 0 aromatic heterocycles. The highest BCUT2D eigenvalue weighted by Crippen LogP contribution is 2.28. The molecule has 0 saturated carbocycles. The van der Waals surface area contributed by atoms with Gasteiger partial charge < -0.3 is 19.5 Å². The summed E-state index contributed by atoms with van der Waals surface area (Å²) in [6.07, 6.45) is 1.52. The Morgan fingerprint density at radius 1 is 0.886 bits per heavy atom. The first kappa shape index (κ1) is 25.3. The molecule has 0 bridgehead atoms. The van der Waals surface area contributed by atoms with Gasteiger partial charge >= 0.3 is 0 Å². The number of aryl methyl sites for hydroxylation is 1. The maximum atomic E-state index is 12.4. The number of hydrazone groups is 1. The van der Waals surface area contributed by atoms with Crippen molar-refractivity contribution in [3.05, 3.63) is 83.4 Å². The SMILES string of the molecule is CCOc1ccc(C(=O)N/N=C/c2ccc(OCC(=O)Nc3cccc(C)c3)cc2)cc1OCC. The van der Waals surface area contributed by atoms with Crippen LogP contribution in [-0.4, -0.2) is 37.8 Å². The highest BCUT2D eigenvalue weighted by Gasteiger charge is 2.11. The van der Waals surface area contributed by atoms with E-state index in [1.807, 2.05) is 45.0 Å². The normalized spacial score (nSPS) is 10.6. The molecule has 8 heteroatoms. The molecule has 182 valence electrons. The summed E-state index contributed by atoms with van der Waals surface area (Å²) in [5, 5.41) is 6.80. The number of carbonyl (C=O) groups excluding carboxylic acids is 2. The molecule has 0 atom stereocenters. The van der Waals surface area contributed by atoms with Crippen molar-refractivity contribution >= 4 is 23.7 Å². The molecule has 2 amide bonds. The number of carbonyl (C=O) groups is 2. The standard InChI is InChI=1S/C27H29N3O5/c1-4-33-24-14-11-21(16-25(24)34-5-2)27(32)30-28-17-20-9-12-23(13-10-20)35-18-26(31)29-22-8-6-7-19(3)15-22/h6-17H,4-5,18H2,1-3H3,(H,29,31)(H,30,32)/b28-17+. The van der Waals surface area contributed by atoms with Gasteiger partial charge in [0.05, 0.1) is 19.4 Å². The lowest BCUT2D eigenvalue weighted by molar-refractivity contribution is -0.118. The van der Waals surface area contributed by atoms with Crippen molar-refractivity contribution in [1.82, 2.24) is 5.43 Å². The van der Waals surface area contributed by atoms with E-state index in [9.17, 15) is 9.59 Å². The minimum atomic E-state index is -0.371. The third-order valence-corrected chi connectivity index (χ3v) is 4.74. The quantitative estimate of drug-likeness (QED) is 0.313. The van der Waals surface area contributed by atoms with E-state index in [4.69, 9.17) is 14.2 Å². The van der Waals surface area contributed by atoms with Crippen molar-refractivity contribution < 1.29 is 23.8 Å². The molecule has 3 rings (SSSR count). The number of rotatable bonds is 11. The summed E-state index contributed by atoms with van der Waals surface area (Å²) in [4.78, 5) is 24.5. The van der Waals surface area contributed by atoms with Gasteiger partial charge in [-0.25, -0.2) is 5.43 Å². The van der Waals surface area contributed by atoms with E-state index in [0.717, 1.165) is 16.8 Å². The van der Waals surface area contributed by atoms with Gasteiger partial charge in [0.2, 0.25) is 0 Å². The highest BCUT2D eigenvalue weighted by atomic mass is 16.5. The average molecular weight is 476 g/mol. The van der Waals surface area contributed by atoms with Crippen LogP contribution in [0.1, 0.15) is 35.3 Å². The topological polar surface area (TPSA) is 98.3 Å². The van der Waals surface area contributed by atoms with Crippen LogP contribution in [0.25, 0.3) is 0 Å². The minimum absolute atomic E-state index is 0.108. The Kier molecular flexibility index (Phi) is 9.24. The number of benzene rings is 3. The monoisotopic (exact) mass is 475 g/mol. The van der Waals surface area contributed by atoms with Crippen molar-refractivity contribution in [2.75, 3.05) is 25.1 Å². The molecule has 3 aromatic carbocycles. The lowest BCUT2D eigenvalue weighted by atomic mass is 10.2. The zero-order chi connectivity index (χ0) is 25.0. The van der Waals surface area contributed by atoms with Crippen molar-refractivity contribution in [2.45, 2.75) is 20.8 Å². The van der Waals surface area contributed by atoms with Gasteiger partial charge in [-0.2, -0.15) is 5.10 Å². The molecule has 0 aliphatic carbocycles. The molecule has 0 aliphatic heterocycles. The average Bonchev–Trinajstić information content (AvgIpc) is 2.85. The molecule has 0 radical (unpaired) electrons. The first-order valence-electron chi connectivity index (χ1n) is 11.3. The zero-order valence-electron chi connectivity index (χ0n) is 20.0. The molecule has 0 unspecified atom stereocenters. The number of anilines is 1. The second-order valence-corrected chi connectivity index (χ2v) is 7.50. The Balaban J connectivity index is 1.49. The van der Waals surface area contributed by atoms with Crippen LogP contribution in [-0.2, 0) is 4.79 Å². The molecule has 0 heterocycles. The van der Waals surface area contributed by atoms with Gasteiger partial charge in [-0.15, -0.1) is 0 Å². The van der Waals surface area contributed by atoms with E-state index in [2.05, 4.69) is 15.8 Å². The summed E-state index contributed by atoms with van der Waals surface area (Å²) in [7, 11) is 0. The molecular formula is C27H29N3O5. The molecule has 3 aromatic rings. The van der Waals surface area contributed by atoms with Crippen LogP contribution < -0.4 is 25.0 Å². The van der Waals surface area contributed by atoms with Gasteiger partial charge in [0.1, 0.15) is 5.75 Å². The fourth-order valence-electron chi connectivity index (χ4n) is 3.14. The Bertz CT molecular complexity index is 1180.